The molecule has 1 unspecified atom stereocenters. The van der Waals surface area contributed by atoms with Crippen LogP contribution in [0.3, 0.4) is 0 Å². The summed E-state index contributed by atoms with van der Waals surface area (Å²) >= 11 is 1.30. The predicted octanol–water partition coefficient (Wildman–Crippen LogP) is 3.89. The van der Waals surface area contributed by atoms with Crippen molar-refractivity contribution in [2.45, 2.75) is 36.6 Å². The van der Waals surface area contributed by atoms with Crippen LogP contribution >= 0.6 is 11.3 Å². The topological polar surface area (TPSA) is 66.8 Å². The largest absolute Gasteiger partial charge is 0.243 e. The summed E-state index contributed by atoms with van der Waals surface area (Å²) < 4.78 is 40.1. The second kappa shape index (κ2) is 7.31. The lowest BCUT2D eigenvalue weighted by Crippen LogP contribution is -2.29. The Kier molecular flexibility index (Phi) is 5.31. The van der Waals surface area contributed by atoms with Gasteiger partial charge in [-0.1, -0.05) is 17.3 Å². The summed E-state index contributed by atoms with van der Waals surface area (Å²) in [6.07, 6.45) is 2.60. The monoisotopic (exact) mass is 382 g/mol. The molecule has 2 aromatic rings. The van der Waals surface area contributed by atoms with Gasteiger partial charge in [0.15, 0.2) is 0 Å². The first-order valence-electron chi connectivity index (χ1n) is 8.07. The summed E-state index contributed by atoms with van der Waals surface area (Å²) in [5.74, 6) is -0.312. The van der Waals surface area contributed by atoms with Crippen molar-refractivity contribution in [3.8, 4) is 0 Å². The highest BCUT2D eigenvalue weighted by Gasteiger charge is 2.32. The molecule has 1 aromatic carbocycles. The third-order valence-electron chi connectivity index (χ3n) is 4.54. The predicted molar refractivity (Wildman–Crippen MR) is 95.7 cm³/mol. The van der Waals surface area contributed by atoms with Crippen molar-refractivity contribution in [1.29, 1.82) is 0 Å². The maximum absolute atomic E-state index is 12.9. The first kappa shape index (κ1) is 18.2. The molecule has 8 heteroatoms. The molecule has 0 spiro atoms. The zero-order valence-corrected chi connectivity index (χ0v) is 15.4. The van der Waals surface area contributed by atoms with Crippen molar-refractivity contribution in [3.05, 3.63) is 56.4 Å². The quantitative estimate of drug-likeness (QED) is 0.712. The van der Waals surface area contributed by atoms with Crippen LogP contribution < -0.4 is 0 Å². The van der Waals surface area contributed by atoms with E-state index in [1.54, 1.807) is 24.6 Å². The molecule has 1 aliphatic rings. The summed E-state index contributed by atoms with van der Waals surface area (Å²) in [7, 11) is -2.08. The Morgan fingerprint density at radius 1 is 1.32 bits per heavy atom. The van der Waals surface area contributed by atoms with E-state index in [0.717, 1.165) is 22.4 Å². The maximum Gasteiger partial charge on any atom is 0.243 e. The number of benzene rings is 1. The van der Waals surface area contributed by atoms with Crippen molar-refractivity contribution < 1.29 is 12.8 Å². The van der Waals surface area contributed by atoms with Crippen molar-refractivity contribution in [1.82, 2.24) is 4.31 Å². The Labute approximate surface area is 150 Å². The van der Waals surface area contributed by atoms with E-state index >= 15 is 0 Å². The van der Waals surface area contributed by atoms with Crippen molar-refractivity contribution in [2.24, 2.45) is 5.18 Å². The van der Waals surface area contributed by atoms with Gasteiger partial charge in [-0.2, -0.15) is 4.91 Å². The first-order chi connectivity index (χ1) is 11.9. The zero-order valence-electron chi connectivity index (χ0n) is 13.8. The van der Waals surface area contributed by atoms with Crippen LogP contribution in [0.15, 0.2) is 39.7 Å². The van der Waals surface area contributed by atoms with E-state index < -0.39 is 16.1 Å². The fourth-order valence-corrected chi connectivity index (χ4v) is 5.99. The normalized spacial score (nSPS) is 17.5. The number of thiophene rings is 1. The Hall–Kier alpha value is -1.64. The van der Waals surface area contributed by atoms with Gasteiger partial charge in [0.05, 0.1) is 4.90 Å². The van der Waals surface area contributed by atoms with Crippen LogP contribution in [0.4, 0.5) is 4.39 Å². The van der Waals surface area contributed by atoms with Crippen molar-refractivity contribution in [2.75, 3.05) is 13.6 Å². The van der Waals surface area contributed by atoms with Crippen LogP contribution in [-0.2, 0) is 22.9 Å². The number of fused-ring (bicyclic) bond motifs is 1. The summed E-state index contributed by atoms with van der Waals surface area (Å²) in [6.45, 7) is 0.300. The fourth-order valence-electron chi connectivity index (χ4n) is 3.05. The highest BCUT2D eigenvalue weighted by Crippen LogP contribution is 2.40. The van der Waals surface area contributed by atoms with Crippen LogP contribution in [0, 0.1) is 10.7 Å². The number of sulfonamides is 1. The van der Waals surface area contributed by atoms with Gasteiger partial charge >= 0.3 is 0 Å². The number of halogens is 1. The molecule has 0 N–H and O–H groups in total. The van der Waals surface area contributed by atoms with Gasteiger partial charge in [0.1, 0.15) is 11.9 Å². The van der Waals surface area contributed by atoms with E-state index in [2.05, 4.69) is 5.18 Å². The average molecular weight is 382 g/mol. The Morgan fingerprint density at radius 3 is 2.72 bits per heavy atom. The minimum atomic E-state index is -3.62. The molecule has 0 saturated heterocycles. The summed E-state index contributed by atoms with van der Waals surface area (Å²) in [5, 5.41) is 4.76. The number of hydrogen-bond acceptors (Lipinski definition) is 5. The van der Waals surface area contributed by atoms with Gasteiger partial charge < -0.3 is 0 Å². The molecule has 134 valence electrons. The number of nitrogens with zero attached hydrogens (tertiary/aromatic N) is 2. The van der Waals surface area contributed by atoms with Gasteiger partial charge in [-0.15, -0.1) is 11.3 Å². The number of nitroso groups, excluding NO2 is 1. The second-order valence-corrected chi connectivity index (χ2v) is 9.08. The van der Waals surface area contributed by atoms with E-state index in [1.165, 1.54) is 27.8 Å². The van der Waals surface area contributed by atoms with E-state index in [1.807, 2.05) is 0 Å². The maximum atomic E-state index is 12.9. The highest BCUT2D eigenvalue weighted by atomic mass is 32.2. The van der Waals surface area contributed by atoms with Crippen LogP contribution in [0.1, 0.15) is 34.9 Å². The molecule has 0 radical (unpaired) electrons. The molecule has 0 saturated carbocycles. The average Bonchev–Trinajstić information content (AvgIpc) is 3.05. The third-order valence-corrected chi connectivity index (χ3v) is 7.74. The highest BCUT2D eigenvalue weighted by molar-refractivity contribution is 7.89. The van der Waals surface area contributed by atoms with E-state index in [-0.39, 0.29) is 5.82 Å². The second-order valence-electron chi connectivity index (χ2n) is 6.16. The van der Waals surface area contributed by atoms with E-state index in [4.69, 9.17) is 0 Å². The number of rotatable bonds is 6. The number of likely N-dealkylation sites (N-methyl/N-ethyl adjacent to an activating group) is 1. The number of hydrogen-bond donors (Lipinski definition) is 0. The molecule has 1 aliphatic carbocycles. The molecule has 5 nitrogen and oxygen atoms in total. The molecule has 1 aromatic heterocycles. The molecule has 0 aliphatic heterocycles. The summed E-state index contributed by atoms with van der Waals surface area (Å²) in [4.78, 5) is 12.0. The van der Waals surface area contributed by atoms with E-state index in [9.17, 15) is 17.7 Å². The molecular weight excluding hydrogens is 363 g/mol. The Morgan fingerprint density at radius 2 is 2.04 bits per heavy atom. The van der Waals surface area contributed by atoms with Gasteiger partial charge in [-0.25, -0.2) is 17.1 Å². The summed E-state index contributed by atoms with van der Waals surface area (Å²) in [5.41, 5.74) is 1.62. The van der Waals surface area contributed by atoms with Gasteiger partial charge in [-0.3, -0.25) is 0 Å². The van der Waals surface area contributed by atoms with E-state index in [0.29, 0.717) is 30.7 Å². The molecule has 25 heavy (non-hydrogen) atoms. The van der Waals surface area contributed by atoms with Gasteiger partial charge in [0.2, 0.25) is 10.0 Å². The van der Waals surface area contributed by atoms with Gasteiger partial charge in [0.25, 0.3) is 0 Å². The molecule has 1 heterocycles. The lowest BCUT2D eigenvalue weighted by Gasteiger charge is -2.20. The molecule has 0 amide bonds. The minimum Gasteiger partial charge on any atom is -0.207 e. The molecular formula is C17H19FN2O3S2. The molecule has 0 fully saturated rings. The van der Waals surface area contributed by atoms with Gasteiger partial charge in [-0.05, 0) is 48.9 Å². The smallest absolute Gasteiger partial charge is 0.207 e. The zero-order chi connectivity index (χ0) is 18.0. The lowest BCUT2D eigenvalue weighted by molar-refractivity contribution is 0.470. The van der Waals surface area contributed by atoms with Crippen LogP contribution in [0.2, 0.25) is 0 Å². The molecule has 3 rings (SSSR count). The molecule has 0 bridgehead atoms. The first-order valence-corrected chi connectivity index (χ1v) is 10.4. The Balaban J connectivity index is 1.78. The molecule has 1 atom stereocenters. The van der Waals surface area contributed by atoms with Crippen molar-refractivity contribution in [3.63, 3.8) is 0 Å². The van der Waals surface area contributed by atoms with Crippen LogP contribution in [-0.4, -0.2) is 26.3 Å². The van der Waals surface area contributed by atoms with Crippen molar-refractivity contribution >= 4 is 21.4 Å². The lowest BCUT2D eigenvalue weighted by atomic mass is 9.96. The minimum absolute atomic E-state index is 0.294. The van der Waals surface area contributed by atoms with Gasteiger partial charge in [0, 0.05) is 23.8 Å². The summed E-state index contributed by atoms with van der Waals surface area (Å²) in [6, 6.07) is 5.62. The fraction of sp³-hybridized carbons (Fsp3) is 0.412. The van der Waals surface area contributed by atoms with Crippen LogP contribution in [0.25, 0.3) is 0 Å². The Bertz CT molecular complexity index is 863. The third kappa shape index (κ3) is 3.65. The SMILES string of the molecule is CN(CCc1ccc(F)cc1)S(=O)(=O)c1csc2c1CCCC2N=O. The standard InChI is InChI=1S/C17H19FN2O3S2/c1-20(10-9-12-5-7-13(18)8-6-12)25(22,23)16-11-24-17-14(16)3-2-4-15(17)19-21/h5-8,11,15H,2-4,9-10H2,1H3. The van der Waals surface area contributed by atoms with Crippen LogP contribution in [0.5, 0.6) is 0 Å².